The van der Waals surface area contributed by atoms with Crippen LogP contribution in [0.3, 0.4) is 0 Å². The third kappa shape index (κ3) is 4.13. The summed E-state index contributed by atoms with van der Waals surface area (Å²) in [7, 11) is -0.391. The Balaban J connectivity index is 1.75. The molecule has 1 aromatic heterocycles. The normalized spacial score (nSPS) is 15.5. The third-order valence-corrected chi connectivity index (χ3v) is 6.46. The van der Waals surface area contributed by atoms with Gasteiger partial charge in [0.05, 0.1) is 11.1 Å². The molecule has 1 aliphatic rings. The van der Waals surface area contributed by atoms with Crippen LogP contribution in [0.4, 0.5) is 0 Å². The number of benzene rings is 1. The number of aromatic nitrogens is 2. The molecule has 26 heavy (non-hydrogen) atoms. The molecular formula is C18H24N4O3S. The predicted molar refractivity (Wildman–Crippen MR) is 98.0 cm³/mol. The molecule has 0 radical (unpaired) electrons. The number of carbonyl (C=O) groups is 1. The minimum atomic E-state index is -3.69. The van der Waals surface area contributed by atoms with Crippen LogP contribution in [0.5, 0.6) is 0 Å². The second kappa shape index (κ2) is 7.59. The zero-order chi connectivity index (χ0) is 18.7. The van der Waals surface area contributed by atoms with Crippen molar-refractivity contribution in [1.82, 2.24) is 19.4 Å². The largest absolute Gasteiger partial charge is 0.349 e. The Kier molecular flexibility index (Phi) is 5.43. The van der Waals surface area contributed by atoms with Gasteiger partial charge in [-0.25, -0.2) is 8.42 Å². The summed E-state index contributed by atoms with van der Waals surface area (Å²) in [5.74, 6) is -0.219. The first kappa shape index (κ1) is 18.6. The lowest BCUT2D eigenvalue weighted by Gasteiger charge is -2.17. The highest BCUT2D eigenvalue weighted by Crippen LogP contribution is 2.20. The van der Waals surface area contributed by atoms with E-state index in [1.165, 1.54) is 23.5 Å². The topological polar surface area (TPSA) is 84.3 Å². The van der Waals surface area contributed by atoms with E-state index in [-0.39, 0.29) is 23.4 Å². The van der Waals surface area contributed by atoms with Gasteiger partial charge in [0.1, 0.15) is 0 Å². The molecule has 0 aliphatic heterocycles. The number of rotatable bonds is 6. The Bertz CT molecular complexity index is 885. The number of carbonyl (C=O) groups excluding carboxylic acids is 1. The Labute approximate surface area is 154 Å². The van der Waals surface area contributed by atoms with E-state index in [1.54, 1.807) is 36.3 Å². The summed E-state index contributed by atoms with van der Waals surface area (Å²) < 4.78 is 28.6. The summed E-state index contributed by atoms with van der Waals surface area (Å²) in [6.07, 6.45) is 7.63. The molecule has 0 unspecified atom stereocenters. The molecule has 1 heterocycles. The van der Waals surface area contributed by atoms with Crippen molar-refractivity contribution < 1.29 is 13.2 Å². The molecular weight excluding hydrogens is 352 g/mol. The fourth-order valence-corrected chi connectivity index (χ4v) is 4.42. The maximum absolute atomic E-state index is 12.8. The number of hydrogen-bond donors (Lipinski definition) is 1. The monoisotopic (exact) mass is 376 g/mol. The Hall–Kier alpha value is -2.19. The zero-order valence-electron chi connectivity index (χ0n) is 15.1. The van der Waals surface area contributed by atoms with Gasteiger partial charge in [0, 0.05) is 44.0 Å². The molecule has 8 heteroatoms. The molecule has 0 atom stereocenters. The molecule has 7 nitrogen and oxygen atoms in total. The lowest BCUT2D eigenvalue weighted by atomic mass is 10.2. The van der Waals surface area contributed by atoms with Crippen LogP contribution in [0, 0.1) is 0 Å². The summed E-state index contributed by atoms with van der Waals surface area (Å²) in [6, 6.07) is 6.40. The summed E-state index contributed by atoms with van der Waals surface area (Å²) >= 11 is 0. The van der Waals surface area contributed by atoms with E-state index in [9.17, 15) is 13.2 Å². The number of nitrogens with zero attached hydrogens (tertiary/aromatic N) is 3. The average molecular weight is 376 g/mol. The molecule has 0 spiro atoms. The van der Waals surface area contributed by atoms with Crippen LogP contribution in [0.25, 0.3) is 0 Å². The van der Waals surface area contributed by atoms with Gasteiger partial charge in [0.2, 0.25) is 10.0 Å². The zero-order valence-corrected chi connectivity index (χ0v) is 15.9. The maximum Gasteiger partial charge on any atom is 0.251 e. The fourth-order valence-electron chi connectivity index (χ4n) is 3.21. The van der Waals surface area contributed by atoms with Crippen molar-refractivity contribution in [2.75, 3.05) is 7.05 Å². The maximum atomic E-state index is 12.8. The highest BCUT2D eigenvalue weighted by atomic mass is 32.2. The standard InChI is InChI=1S/C18H24N4O3S/c1-21-12-14(11-19-21)13-22(2)26(24,25)17-9-5-6-15(10-17)18(23)20-16-7-3-4-8-16/h5-6,9-12,16H,3-4,7-8,13H2,1-2H3,(H,20,23). The molecule has 0 bridgehead atoms. The SMILES string of the molecule is CN(Cc1cnn(C)c1)S(=O)(=O)c1cccc(C(=O)NC2CCCC2)c1. The number of hydrogen-bond acceptors (Lipinski definition) is 4. The van der Waals surface area contributed by atoms with Crippen molar-refractivity contribution in [3.05, 3.63) is 47.8 Å². The van der Waals surface area contributed by atoms with Gasteiger partial charge in [0.15, 0.2) is 0 Å². The van der Waals surface area contributed by atoms with Crippen LogP contribution in [0.1, 0.15) is 41.6 Å². The first-order valence-electron chi connectivity index (χ1n) is 8.71. The summed E-state index contributed by atoms with van der Waals surface area (Å²) in [5.41, 5.74) is 1.17. The first-order chi connectivity index (χ1) is 12.4. The lowest BCUT2D eigenvalue weighted by molar-refractivity contribution is 0.0937. The highest BCUT2D eigenvalue weighted by molar-refractivity contribution is 7.89. The van der Waals surface area contributed by atoms with Gasteiger partial charge >= 0.3 is 0 Å². The van der Waals surface area contributed by atoms with Gasteiger partial charge in [-0.3, -0.25) is 9.48 Å². The first-order valence-corrected chi connectivity index (χ1v) is 10.1. The van der Waals surface area contributed by atoms with Crippen molar-refractivity contribution in [2.24, 2.45) is 7.05 Å². The van der Waals surface area contributed by atoms with Gasteiger partial charge in [-0.2, -0.15) is 9.40 Å². The number of aryl methyl sites for hydroxylation is 1. The molecule has 1 saturated carbocycles. The summed E-state index contributed by atoms with van der Waals surface area (Å²) in [4.78, 5) is 12.5. The van der Waals surface area contributed by atoms with E-state index in [0.29, 0.717) is 5.56 Å². The van der Waals surface area contributed by atoms with E-state index in [0.717, 1.165) is 31.2 Å². The minimum absolute atomic E-state index is 0.114. The van der Waals surface area contributed by atoms with Crippen LogP contribution >= 0.6 is 0 Å². The van der Waals surface area contributed by atoms with E-state index in [1.807, 2.05) is 0 Å². The molecule has 1 amide bonds. The molecule has 0 saturated heterocycles. The van der Waals surface area contributed by atoms with Gasteiger partial charge < -0.3 is 5.32 Å². The third-order valence-electron chi connectivity index (χ3n) is 4.66. The van der Waals surface area contributed by atoms with E-state index in [2.05, 4.69) is 10.4 Å². The average Bonchev–Trinajstić information content (AvgIpc) is 3.26. The van der Waals surface area contributed by atoms with Crippen LogP contribution in [-0.4, -0.2) is 41.5 Å². The molecule has 2 aromatic rings. The Morgan fingerprint density at radius 3 is 2.73 bits per heavy atom. The number of amides is 1. The summed E-state index contributed by atoms with van der Waals surface area (Å²) in [5, 5.41) is 7.04. The van der Waals surface area contributed by atoms with Crippen LogP contribution in [-0.2, 0) is 23.6 Å². The van der Waals surface area contributed by atoms with Gasteiger partial charge in [-0.15, -0.1) is 0 Å². The van der Waals surface area contributed by atoms with Crippen LogP contribution in [0.15, 0.2) is 41.6 Å². The van der Waals surface area contributed by atoms with Crippen molar-refractivity contribution >= 4 is 15.9 Å². The van der Waals surface area contributed by atoms with E-state index >= 15 is 0 Å². The predicted octanol–water partition coefficient (Wildman–Crippen LogP) is 1.91. The van der Waals surface area contributed by atoms with Crippen LogP contribution in [0.2, 0.25) is 0 Å². The van der Waals surface area contributed by atoms with Crippen molar-refractivity contribution in [1.29, 1.82) is 0 Å². The van der Waals surface area contributed by atoms with Gasteiger partial charge in [-0.05, 0) is 31.0 Å². The molecule has 1 fully saturated rings. The van der Waals surface area contributed by atoms with Crippen LogP contribution < -0.4 is 5.32 Å². The smallest absolute Gasteiger partial charge is 0.251 e. The number of nitrogens with one attached hydrogen (secondary N) is 1. The van der Waals surface area contributed by atoms with Crippen molar-refractivity contribution in [3.8, 4) is 0 Å². The number of sulfonamides is 1. The molecule has 1 aromatic carbocycles. The van der Waals surface area contributed by atoms with Gasteiger partial charge in [-0.1, -0.05) is 18.9 Å². The quantitative estimate of drug-likeness (QED) is 0.835. The van der Waals surface area contributed by atoms with E-state index in [4.69, 9.17) is 0 Å². The summed E-state index contributed by atoms with van der Waals surface area (Å²) in [6.45, 7) is 0.217. The van der Waals surface area contributed by atoms with E-state index < -0.39 is 10.0 Å². The molecule has 140 valence electrons. The highest BCUT2D eigenvalue weighted by Gasteiger charge is 2.23. The molecule has 3 rings (SSSR count). The lowest BCUT2D eigenvalue weighted by Crippen LogP contribution is -2.33. The molecule has 1 aliphatic carbocycles. The second-order valence-electron chi connectivity index (χ2n) is 6.77. The van der Waals surface area contributed by atoms with Crippen molar-refractivity contribution in [3.63, 3.8) is 0 Å². The second-order valence-corrected chi connectivity index (χ2v) is 8.81. The van der Waals surface area contributed by atoms with Gasteiger partial charge in [0.25, 0.3) is 5.91 Å². The molecule has 1 N–H and O–H groups in total. The Morgan fingerprint density at radius 1 is 1.35 bits per heavy atom. The Morgan fingerprint density at radius 2 is 2.08 bits per heavy atom. The minimum Gasteiger partial charge on any atom is -0.349 e. The fraction of sp³-hybridized carbons (Fsp3) is 0.444. The van der Waals surface area contributed by atoms with Crippen molar-refractivity contribution in [2.45, 2.75) is 43.2 Å².